The molecule has 7 N–H and O–H groups in total. The van der Waals surface area contributed by atoms with E-state index in [1.165, 1.54) is 11.8 Å². The van der Waals surface area contributed by atoms with E-state index in [1.807, 2.05) is 0 Å². The van der Waals surface area contributed by atoms with E-state index in [4.69, 9.17) is 10.5 Å². The molecule has 2 heterocycles. The number of rotatable bonds is 3. The fraction of sp³-hybridized carbons (Fsp3) is 0.600. The number of nitrogen functional groups attached to an aromatic ring is 1. The van der Waals surface area contributed by atoms with Crippen molar-refractivity contribution in [1.82, 2.24) is 9.97 Å². The van der Waals surface area contributed by atoms with E-state index in [0.29, 0.717) is 5.16 Å². The van der Waals surface area contributed by atoms with Crippen LogP contribution >= 0.6 is 11.8 Å². The first-order chi connectivity index (χ1) is 9.43. The number of nitrogens with zero attached hydrogens (tertiary/aromatic N) is 1. The van der Waals surface area contributed by atoms with Crippen molar-refractivity contribution in [3.63, 3.8) is 0 Å². The molecule has 10 heteroatoms. The summed E-state index contributed by atoms with van der Waals surface area (Å²) >= 11 is 1.21. The number of thioether (sulfide) groups is 1. The average molecular weight is 304 g/mol. The number of aliphatic hydroxyl groups is 3. The first-order valence-corrected chi connectivity index (χ1v) is 7.02. The Labute approximate surface area is 118 Å². The van der Waals surface area contributed by atoms with Gasteiger partial charge in [-0.2, -0.15) is 0 Å². The molecule has 0 aromatic carbocycles. The SMILES string of the molecule is CSc1nc(N[C@H]2OC[C@@H](O)[C@@H](O)[C@H]2O)c(N)c(=O)[nH]1. The van der Waals surface area contributed by atoms with Crippen molar-refractivity contribution in [1.29, 1.82) is 0 Å². The van der Waals surface area contributed by atoms with Crippen LogP contribution in [-0.2, 0) is 4.74 Å². The van der Waals surface area contributed by atoms with Gasteiger partial charge >= 0.3 is 0 Å². The van der Waals surface area contributed by atoms with E-state index in [9.17, 15) is 20.1 Å². The maximum atomic E-state index is 11.6. The highest BCUT2D eigenvalue weighted by Crippen LogP contribution is 2.20. The van der Waals surface area contributed by atoms with E-state index in [-0.39, 0.29) is 18.1 Å². The van der Waals surface area contributed by atoms with Crippen molar-refractivity contribution < 1.29 is 20.1 Å². The molecule has 0 aliphatic carbocycles. The molecule has 0 spiro atoms. The van der Waals surface area contributed by atoms with Crippen LogP contribution in [-0.4, -0.2) is 62.7 Å². The summed E-state index contributed by atoms with van der Waals surface area (Å²) in [5, 5.41) is 31.7. The summed E-state index contributed by atoms with van der Waals surface area (Å²) in [5.74, 6) is 0.0470. The Morgan fingerprint density at radius 3 is 2.80 bits per heavy atom. The molecule has 0 unspecified atom stereocenters. The van der Waals surface area contributed by atoms with Crippen molar-refractivity contribution in [2.45, 2.75) is 29.7 Å². The van der Waals surface area contributed by atoms with E-state index in [1.54, 1.807) is 6.26 Å². The van der Waals surface area contributed by atoms with Gasteiger partial charge in [0.1, 0.15) is 24.0 Å². The zero-order valence-electron chi connectivity index (χ0n) is 10.6. The summed E-state index contributed by atoms with van der Waals surface area (Å²) in [5.41, 5.74) is 4.93. The van der Waals surface area contributed by atoms with Gasteiger partial charge in [0, 0.05) is 0 Å². The van der Waals surface area contributed by atoms with Crippen LogP contribution in [0.1, 0.15) is 0 Å². The first-order valence-electron chi connectivity index (χ1n) is 5.80. The molecular formula is C10H16N4O5S. The van der Waals surface area contributed by atoms with Gasteiger partial charge in [0.05, 0.1) is 6.61 Å². The van der Waals surface area contributed by atoms with Gasteiger partial charge in [-0.25, -0.2) is 4.98 Å². The summed E-state index contributed by atoms with van der Waals surface area (Å²) in [7, 11) is 0. The maximum absolute atomic E-state index is 11.6. The number of hydrogen-bond donors (Lipinski definition) is 6. The van der Waals surface area contributed by atoms with Crippen molar-refractivity contribution in [3.05, 3.63) is 10.4 Å². The standard InChI is InChI=1S/C10H16N4O5S/c1-20-10-13-7(4(11)8(18)14-10)12-9-6(17)5(16)3(15)2-19-9/h3,5-6,9,15-17H,2,11H2,1H3,(H2,12,13,14,18)/t3-,5-,6-,9+/m1/s1. The lowest BCUT2D eigenvalue weighted by atomic mass is 10.0. The monoisotopic (exact) mass is 304 g/mol. The Balaban J connectivity index is 2.22. The summed E-state index contributed by atoms with van der Waals surface area (Å²) < 4.78 is 5.16. The third-order valence-electron chi connectivity index (χ3n) is 2.91. The molecule has 112 valence electrons. The van der Waals surface area contributed by atoms with E-state index < -0.39 is 30.1 Å². The largest absolute Gasteiger partial charge is 0.391 e. The second-order valence-corrected chi connectivity index (χ2v) is 5.08. The highest BCUT2D eigenvalue weighted by molar-refractivity contribution is 7.98. The molecule has 1 aromatic heterocycles. The van der Waals surface area contributed by atoms with Crippen molar-refractivity contribution >= 4 is 23.3 Å². The Morgan fingerprint density at radius 2 is 2.15 bits per heavy atom. The van der Waals surface area contributed by atoms with Gasteiger partial charge in [0.15, 0.2) is 17.2 Å². The predicted octanol–water partition coefficient (Wildman–Crippen LogP) is -2.08. The van der Waals surface area contributed by atoms with Crippen LogP contribution in [0.2, 0.25) is 0 Å². The van der Waals surface area contributed by atoms with Gasteiger partial charge in [0.25, 0.3) is 5.56 Å². The lowest BCUT2D eigenvalue weighted by molar-refractivity contribution is -0.178. The van der Waals surface area contributed by atoms with E-state index in [2.05, 4.69) is 15.3 Å². The molecule has 1 saturated heterocycles. The fourth-order valence-corrected chi connectivity index (χ4v) is 2.11. The molecule has 2 rings (SSSR count). The number of nitrogens with two attached hydrogens (primary N) is 1. The topological polar surface area (TPSA) is 154 Å². The second kappa shape index (κ2) is 5.97. The Kier molecular flexibility index (Phi) is 4.50. The van der Waals surface area contributed by atoms with Gasteiger partial charge in [-0.15, -0.1) is 0 Å². The lowest BCUT2D eigenvalue weighted by Gasteiger charge is -2.35. The van der Waals surface area contributed by atoms with Gasteiger partial charge in [-0.1, -0.05) is 11.8 Å². The minimum absolute atomic E-state index is 0.0470. The Hall–Kier alpha value is -1.33. The van der Waals surface area contributed by atoms with E-state index in [0.717, 1.165) is 0 Å². The van der Waals surface area contributed by atoms with Crippen LogP contribution < -0.4 is 16.6 Å². The molecule has 9 nitrogen and oxygen atoms in total. The number of aliphatic hydroxyl groups excluding tert-OH is 3. The molecule has 4 atom stereocenters. The molecule has 0 bridgehead atoms. The predicted molar refractivity (Wildman–Crippen MR) is 72.4 cm³/mol. The molecule has 0 radical (unpaired) electrons. The second-order valence-electron chi connectivity index (χ2n) is 4.28. The molecule has 20 heavy (non-hydrogen) atoms. The molecule has 0 amide bonds. The smallest absolute Gasteiger partial charge is 0.276 e. The normalized spacial score (nSPS) is 30.2. The summed E-state index contributed by atoms with van der Waals surface area (Å²) in [4.78, 5) is 18.1. The summed E-state index contributed by atoms with van der Waals surface area (Å²) in [6.45, 7) is -0.158. The highest BCUT2D eigenvalue weighted by Gasteiger charge is 2.38. The van der Waals surface area contributed by atoms with Gasteiger partial charge in [0.2, 0.25) is 0 Å². The number of aromatic nitrogens is 2. The molecule has 1 aliphatic rings. The number of H-pyrrole nitrogens is 1. The molecular weight excluding hydrogens is 288 g/mol. The number of ether oxygens (including phenoxy) is 1. The fourth-order valence-electron chi connectivity index (χ4n) is 1.74. The minimum Gasteiger partial charge on any atom is -0.391 e. The van der Waals surface area contributed by atoms with Crippen molar-refractivity contribution in [2.24, 2.45) is 0 Å². The molecule has 0 saturated carbocycles. The third-order valence-corrected chi connectivity index (χ3v) is 3.49. The molecule has 1 aliphatic heterocycles. The Morgan fingerprint density at radius 1 is 1.45 bits per heavy atom. The number of aromatic amines is 1. The number of anilines is 2. The third kappa shape index (κ3) is 2.88. The van der Waals surface area contributed by atoms with Gasteiger partial charge in [-0.3, -0.25) is 9.78 Å². The van der Waals surface area contributed by atoms with Crippen molar-refractivity contribution in [2.75, 3.05) is 23.9 Å². The van der Waals surface area contributed by atoms with Crippen LogP contribution in [0.5, 0.6) is 0 Å². The van der Waals surface area contributed by atoms with Gasteiger partial charge < -0.3 is 31.1 Å². The zero-order valence-corrected chi connectivity index (χ0v) is 11.4. The number of hydrogen-bond acceptors (Lipinski definition) is 9. The van der Waals surface area contributed by atoms with Gasteiger partial charge in [-0.05, 0) is 6.26 Å². The lowest BCUT2D eigenvalue weighted by Crippen LogP contribution is -2.55. The zero-order chi connectivity index (χ0) is 14.9. The van der Waals surface area contributed by atoms with Crippen LogP contribution in [0.4, 0.5) is 11.5 Å². The van der Waals surface area contributed by atoms with Crippen LogP contribution in [0.3, 0.4) is 0 Å². The molecule has 1 aromatic rings. The molecule has 1 fully saturated rings. The minimum atomic E-state index is -1.38. The van der Waals surface area contributed by atoms with Crippen LogP contribution in [0, 0.1) is 0 Å². The van der Waals surface area contributed by atoms with Crippen molar-refractivity contribution in [3.8, 4) is 0 Å². The number of nitrogens with one attached hydrogen (secondary N) is 2. The quantitative estimate of drug-likeness (QED) is 0.273. The van der Waals surface area contributed by atoms with E-state index >= 15 is 0 Å². The van der Waals surface area contributed by atoms with Crippen LogP contribution in [0.15, 0.2) is 9.95 Å². The average Bonchev–Trinajstić information content (AvgIpc) is 2.44. The summed E-state index contributed by atoms with van der Waals surface area (Å²) in [6.07, 6.45) is -3.21. The highest BCUT2D eigenvalue weighted by atomic mass is 32.2. The maximum Gasteiger partial charge on any atom is 0.276 e. The first kappa shape index (κ1) is 15.1. The van der Waals surface area contributed by atoms with Crippen LogP contribution in [0.25, 0.3) is 0 Å². The Bertz CT molecular complexity index is 539. The summed E-state index contributed by atoms with van der Waals surface area (Å²) in [6, 6.07) is 0.